The summed E-state index contributed by atoms with van der Waals surface area (Å²) in [6.45, 7) is 6.34. The largest absolute Gasteiger partial charge is 0.338 e. The van der Waals surface area contributed by atoms with Crippen LogP contribution in [0.2, 0.25) is 0 Å². The minimum absolute atomic E-state index is 0.359. The van der Waals surface area contributed by atoms with Crippen molar-refractivity contribution in [2.45, 2.75) is 58.8 Å². The summed E-state index contributed by atoms with van der Waals surface area (Å²) < 4.78 is 0. The van der Waals surface area contributed by atoms with E-state index < -0.39 is 0 Å². The van der Waals surface area contributed by atoms with Gasteiger partial charge in [-0.1, -0.05) is 23.3 Å². The molecule has 1 amide bonds. The molecular weight excluding hydrogens is 258 g/mol. The molecule has 0 N–H and O–H groups in total. The average molecular weight is 287 g/mol. The SMILES string of the molecule is CC1=CCC(C(C)=CCN(CC2CC2)C(=O)C2CC2)CC1. The van der Waals surface area contributed by atoms with E-state index in [1.165, 1.54) is 37.7 Å². The van der Waals surface area contributed by atoms with Gasteiger partial charge in [-0.15, -0.1) is 0 Å². The van der Waals surface area contributed by atoms with E-state index in [9.17, 15) is 4.79 Å². The van der Waals surface area contributed by atoms with Gasteiger partial charge >= 0.3 is 0 Å². The molecule has 2 fully saturated rings. The minimum Gasteiger partial charge on any atom is -0.338 e. The zero-order chi connectivity index (χ0) is 14.8. The second-order valence-electron chi connectivity index (χ2n) is 7.43. The molecular formula is C19H29NO. The van der Waals surface area contributed by atoms with Gasteiger partial charge in [-0.25, -0.2) is 0 Å². The number of carbonyl (C=O) groups is 1. The van der Waals surface area contributed by atoms with Crippen molar-refractivity contribution in [1.82, 2.24) is 4.90 Å². The zero-order valence-electron chi connectivity index (χ0n) is 13.6. The number of rotatable bonds is 6. The highest BCUT2D eigenvalue weighted by molar-refractivity contribution is 5.81. The Morgan fingerprint density at radius 2 is 2.00 bits per heavy atom. The van der Waals surface area contributed by atoms with Crippen molar-refractivity contribution >= 4 is 5.91 Å². The fourth-order valence-corrected chi connectivity index (χ4v) is 3.25. The molecule has 0 aromatic heterocycles. The smallest absolute Gasteiger partial charge is 0.225 e. The molecule has 0 aromatic rings. The Morgan fingerprint density at radius 1 is 1.24 bits per heavy atom. The lowest BCUT2D eigenvalue weighted by atomic mass is 9.85. The summed E-state index contributed by atoms with van der Waals surface area (Å²) in [5.74, 6) is 2.28. The predicted molar refractivity (Wildman–Crippen MR) is 86.9 cm³/mol. The van der Waals surface area contributed by atoms with Gasteiger partial charge < -0.3 is 4.90 Å². The summed E-state index contributed by atoms with van der Waals surface area (Å²) in [7, 11) is 0. The molecule has 3 aliphatic carbocycles. The van der Waals surface area contributed by atoms with Gasteiger partial charge in [-0.05, 0) is 70.6 Å². The highest BCUT2D eigenvalue weighted by Crippen LogP contribution is 2.35. The maximum absolute atomic E-state index is 12.4. The number of hydrogen-bond acceptors (Lipinski definition) is 1. The molecule has 0 radical (unpaired) electrons. The van der Waals surface area contributed by atoms with Crippen molar-refractivity contribution in [1.29, 1.82) is 0 Å². The van der Waals surface area contributed by atoms with E-state index in [4.69, 9.17) is 0 Å². The normalized spacial score (nSPS) is 26.5. The Labute approximate surface area is 129 Å². The van der Waals surface area contributed by atoms with Gasteiger partial charge in [0.15, 0.2) is 0 Å². The first-order valence-corrected chi connectivity index (χ1v) is 8.74. The van der Waals surface area contributed by atoms with Crippen LogP contribution in [0.3, 0.4) is 0 Å². The first-order chi connectivity index (χ1) is 10.1. The van der Waals surface area contributed by atoms with Crippen LogP contribution >= 0.6 is 0 Å². The van der Waals surface area contributed by atoms with E-state index >= 15 is 0 Å². The molecule has 0 aliphatic heterocycles. The Balaban J connectivity index is 1.56. The molecule has 3 aliphatic rings. The van der Waals surface area contributed by atoms with Crippen molar-refractivity contribution < 1.29 is 4.79 Å². The topological polar surface area (TPSA) is 20.3 Å². The maximum Gasteiger partial charge on any atom is 0.225 e. The molecule has 116 valence electrons. The van der Waals surface area contributed by atoms with E-state index in [0.717, 1.165) is 31.8 Å². The summed E-state index contributed by atoms with van der Waals surface area (Å²) >= 11 is 0. The lowest BCUT2D eigenvalue weighted by molar-refractivity contribution is -0.132. The van der Waals surface area contributed by atoms with Crippen molar-refractivity contribution in [3.05, 3.63) is 23.3 Å². The molecule has 1 atom stereocenters. The van der Waals surface area contributed by atoms with Crippen LogP contribution in [-0.4, -0.2) is 23.9 Å². The molecule has 0 saturated heterocycles. The Hall–Kier alpha value is -1.05. The summed E-state index contributed by atoms with van der Waals surface area (Å²) in [6, 6.07) is 0. The standard InChI is InChI=1S/C19H29NO/c1-14-3-7-17(8-4-14)15(2)11-12-20(13-16-5-6-16)19(21)18-9-10-18/h3,11,16-18H,4-10,12-13H2,1-2H3. The Bertz CT molecular complexity index is 454. The molecule has 0 aromatic carbocycles. The molecule has 3 rings (SSSR count). The second-order valence-corrected chi connectivity index (χ2v) is 7.43. The van der Waals surface area contributed by atoms with Crippen molar-refractivity contribution in [2.24, 2.45) is 17.8 Å². The van der Waals surface area contributed by atoms with Crippen LogP contribution in [0.15, 0.2) is 23.3 Å². The third-order valence-electron chi connectivity index (χ3n) is 5.33. The van der Waals surface area contributed by atoms with Gasteiger partial charge in [0, 0.05) is 19.0 Å². The van der Waals surface area contributed by atoms with E-state index in [0.29, 0.717) is 17.7 Å². The average Bonchev–Trinajstić information content (AvgIpc) is 3.37. The highest BCUT2D eigenvalue weighted by atomic mass is 16.2. The monoisotopic (exact) mass is 287 g/mol. The van der Waals surface area contributed by atoms with Gasteiger partial charge in [0.2, 0.25) is 5.91 Å². The Morgan fingerprint density at radius 3 is 2.57 bits per heavy atom. The third kappa shape index (κ3) is 4.21. The first-order valence-electron chi connectivity index (χ1n) is 8.74. The molecule has 2 nitrogen and oxygen atoms in total. The maximum atomic E-state index is 12.4. The number of amides is 1. The molecule has 0 spiro atoms. The summed E-state index contributed by atoms with van der Waals surface area (Å²) in [5, 5.41) is 0. The lowest BCUT2D eigenvalue weighted by Gasteiger charge is -2.24. The molecule has 21 heavy (non-hydrogen) atoms. The van der Waals surface area contributed by atoms with Crippen LogP contribution in [0.25, 0.3) is 0 Å². The van der Waals surface area contributed by atoms with Crippen molar-refractivity contribution in [3.63, 3.8) is 0 Å². The van der Waals surface area contributed by atoms with Gasteiger partial charge in [0.25, 0.3) is 0 Å². The van der Waals surface area contributed by atoms with Crippen molar-refractivity contribution in [3.8, 4) is 0 Å². The molecule has 0 bridgehead atoms. The lowest BCUT2D eigenvalue weighted by Crippen LogP contribution is -2.34. The minimum atomic E-state index is 0.359. The molecule has 0 heterocycles. The quantitative estimate of drug-likeness (QED) is 0.666. The molecule has 2 heteroatoms. The fourth-order valence-electron chi connectivity index (χ4n) is 3.25. The summed E-state index contributed by atoms with van der Waals surface area (Å²) in [6.07, 6.45) is 13.3. The van der Waals surface area contributed by atoms with Crippen LogP contribution in [0, 0.1) is 17.8 Å². The fraction of sp³-hybridized carbons (Fsp3) is 0.737. The van der Waals surface area contributed by atoms with Gasteiger partial charge in [0.05, 0.1) is 0 Å². The van der Waals surface area contributed by atoms with E-state index in [1.54, 1.807) is 5.57 Å². The van der Waals surface area contributed by atoms with Gasteiger partial charge in [0.1, 0.15) is 0 Å². The third-order valence-corrected chi connectivity index (χ3v) is 5.33. The van der Waals surface area contributed by atoms with Crippen LogP contribution in [0.4, 0.5) is 0 Å². The summed E-state index contributed by atoms with van der Waals surface area (Å²) in [5.41, 5.74) is 3.03. The molecule has 2 saturated carbocycles. The number of hydrogen-bond donors (Lipinski definition) is 0. The van der Waals surface area contributed by atoms with Crippen LogP contribution in [-0.2, 0) is 4.79 Å². The van der Waals surface area contributed by atoms with E-state index in [1.807, 2.05) is 0 Å². The highest BCUT2D eigenvalue weighted by Gasteiger charge is 2.35. The second kappa shape index (κ2) is 6.37. The molecule has 1 unspecified atom stereocenters. The Kier molecular flexibility index (Phi) is 4.51. The van der Waals surface area contributed by atoms with Crippen LogP contribution in [0.5, 0.6) is 0 Å². The summed E-state index contributed by atoms with van der Waals surface area (Å²) in [4.78, 5) is 14.5. The number of nitrogens with zero attached hydrogens (tertiary/aromatic N) is 1. The van der Waals surface area contributed by atoms with Crippen LogP contribution < -0.4 is 0 Å². The van der Waals surface area contributed by atoms with E-state index in [2.05, 4.69) is 30.9 Å². The number of carbonyl (C=O) groups excluding carboxylic acids is 1. The predicted octanol–water partition coefficient (Wildman–Crippen LogP) is 4.33. The van der Waals surface area contributed by atoms with Crippen molar-refractivity contribution in [2.75, 3.05) is 13.1 Å². The zero-order valence-corrected chi connectivity index (χ0v) is 13.6. The first kappa shape index (κ1) is 14.9. The number of allylic oxidation sites excluding steroid dienone is 3. The van der Waals surface area contributed by atoms with Gasteiger partial charge in [-0.2, -0.15) is 0 Å². The van der Waals surface area contributed by atoms with Gasteiger partial charge in [-0.3, -0.25) is 4.79 Å². The van der Waals surface area contributed by atoms with E-state index in [-0.39, 0.29) is 0 Å². The van der Waals surface area contributed by atoms with Crippen LogP contribution in [0.1, 0.15) is 58.8 Å².